The number of carboxylic acid groups (broad SMARTS) is 1. The van der Waals surface area contributed by atoms with E-state index in [9.17, 15) is 40.5 Å². The van der Waals surface area contributed by atoms with Gasteiger partial charge in [-0.25, -0.2) is 4.79 Å². The van der Waals surface area contributed by atoms with E-state index < -0.39 is 60.1 Å². The molecule has 50 heavy (non-hydrogen) atoms. The van der Waals surface area contributed by atoms with Crippen LogP contribution in [0.3, 0.4) is 0 Å². The van der Waals surface area contributed by atoms with Crippen molar-refractivity contribution in [2.75, 3.05) is 34.4 Å². The van der Waals surface area contributed by atoms with Gasteiger partial charge in [-0.05, 0) is 54.4 Å². The third-order valence-electron chi connectivity index (χ3n) is 10.0. The average Bonchev–Trinajstić information content (AvgIpc) is 3.50. The van der Waals surface area contributed by atoms with Crippen LogP contribution in [0.4, 0.5) is 0 Å². The van der Waals surface area contributed by atoms with Crippen molar-refractivity contribution in [3.63, 3.8) is 0 Å². The first-order valence-electron chi connectivity index (χ1n) is 15.9. The molecule has 4 aliphatic rings. The van der Waals surface area contributed by atoms with Crippen LogP contribution in [0, 0.1) is 0 Å². The lowest BCUT2D eigenvalue weighted by molar-refractivity contribution is -0.362. The van der Waals surface area contributed by atoms with Gasteiger partial charge in [-0.1, -0.05) is 12.1 Å². The zero-order chi connectivity index (χ0) is 35.7. The molecule has 16 nitrogen and oxygen atoms in total. The third-order valence-corrected chi connectivity index (χ3v) is 10.0. The smallest absolute Gasteiger partial charge is 0.340 e. The van der Waals surface area contributed by atoms with Crippen molar-refractivity contribution in [3.8, 4) is 45.6 Å². The van der Waals surface area contributed by atoms with Crippen LogP contribution in [0.1, 0.15) is 28.7 Å². The molecule has 7 rings (SSSR count). The molecule has 9 atom stereocenters. The summed E-state index contributed by atoms with van der Waals surface area (Å²) in [5.74, 6) is -1.50. The SMILES string of the molecule is CN[C@@H]1CN[C@@]2(O)[C@@H](O)[C@H](Oc3cc4c(c(-c5cccc(O)c5)c3)[C@@H]3Oc5c(OC)c(OC)cc(CCO)c5[C@@H]3[C@H](O)O4)O[C@]1(C(=O)O)[C@H]2O. The van der Waals surface area contributed by atoms with E-state index in [1.165, 1.54) is 45.5 Å². The fourth-order valence-electron chi connectivity index (χ4n) is 7.66. The summed E-state index contributed by atoms with van der Waals surface area (Å²) in [5.41, 5.74) is -2.44. The Kier molecular flexibility index (Phi) is 8.47. The number of likely N-dealkylation sites (N-methyl/N-ethyl adjacent to an activating group) is 1. The first-order valence-corrected chi connectivity index (χ1v) is 15.9. The lowest BCUT2D eigenvalue weighted by Crippen LogP contribution is -2.87. The molecule has 16 heteroatoms. The van der Waals surface area contributed by atoms with Crippen LogP contribution in [0.2, 0.25) is 0 Å². The van der Waals surface area contributed by atoms with Gasteiger partial charge in [-0.2, -0.15) is 0 Å². The quantitative estimate of drug-likeness (QED) is 0.139. The molecule has 2 bridgehead atoms. The van der Waals surface area contributed by atoms with Gasteiger partial charge in [-0.15, -0.1) is 0 Å². The molecular weight excluding hydrogens is 660 g/mol. The number of fused-ring (bicyclic) bond motifs is 7. The minimum Gasteiger partial charge on any atom is -0.508 e. The number of hydrogen-bond acceptors (Lipinski definition) is 15. The molecule has 0 unspecified atom stereocenters. The number of hydrogen-bond donors (Lipinski definition) is 9. The van der Waals surface area contributed by atoms with E-state index in [1.54, 1.807) is 18.2 Å². The Hall–Kier alpha value is -4.39. The summed E-state index contributed by atoms with van der Waals surface area (Å²) in [4.78, 5) is 12.6. The van der Waals surface area contributed by atoms with Crippen LogP contribution in [-0.2, 0) is 16.0 Å². The number of aromatic hydroxyl groups is 1. The molecule has 0 radical (unpaired) electrons. The summed E-state index contributed by atoms with van der Waals surface area (Å²) >= 11 is 0. The van der Waals surface area contributed by atoms with E-state index in [0.717, 1.165) is 0 Å². The predicted molar refractivity (Wildman–Crippen MR) is 170 cm³/mol. The first kappa shape index (κ1) is 34.1. The van der Waals surface area contributed by atoms with E-state index in [1.807, 2.05) is 0 Å². The summed E-state index contributed by atoms with van der Waals surface area (Å²) < 4.78 is 35.8. The van der Waals surface area contributed by atoms with E-state index in [0.29, 0.717) is 39.3 Å². The van der Waals surface area contributed by atoms with Gasteiger partial charge in [0, 0.05) is 30.3 Å². The predicted octanol–water partition coefficient (Wildman–Crippen LogP) is -0.301. The molecule has 4 aliphatic heterocycles. The minimum atomic E-state index is -2.54. The lowest BCUT2D eigenvalue weighted by atomic mass is 9.74. The Morgan fingerprint density at radius 2 is 1.86 bits per heavy atom. The summed E-state index contributed by atoms with van der Waals surface area (Å²) in [5, 5.41) is 81.1. The summed E-state index contributed by atoms with van der Waals surface area (Å²) in [7, 11) is 4.38. The van der Waals surface area contributed by atoms with Crippen LogP contribution in [0.15, 0.2) is 42.5 Å². The highest BCUT2D eigenvalue weighted by Crippen LogP contribution is 2.61. The van der Waals surface area contributed by atoms with Crippen molar-refractivity contribution in [2.24, 2.45) is 0 Å². The molecule has 0 amide bonds. The van der Waals surface area contributed by atoms with Gasteiger partial charge >= 0.3 is 5.97 Å². The van der Waals surface area contributed by atoms with Crippen LogP contribution in [0.5, 0.6) is 34.5 Å². The van der Waals surface area contributed by atoms with Crippen molar-refractivity contribution in [2.45, 2.75) is 60.6 Å². The number of carboxylic acids is 1. The Morgan fingerprint density at radius 1 is 1.08 bits per heavy atom. The number of ether oxygens (including phenoxy) is 6. The summed E-state index contributed by atoms with van der Waals surface area (Å²) in [6, 6.07) is 9.86. The van der Waals surface area contributed by atoms with Crippen LogP contribution in [-0.4, -0.2) is 118 Å². The van der Waals surface area contributed by atoms with Gasteiger partial charge < -0.3 is 69.5 Å². The normalized spacial score (nSPS) is 32.1. The van der Waals surface area contributed by atoms with Gasteiger partial charge in [0.15, 0.2) is 23.3 Å². The number of rotatable bonds is 9. The standard InChI is InChI=1S/C34H38N2O14/c1-35-21-13-36-34(44)28(39)30(50-33(21,31(34)41)32(42)43)47-17-11-18(14-5-4-6-16(38)9-14)23-19(12-17)48-29(40)24-22-15(7-8-37)10-20(45-2)25(46-3)27(22)49-26(23)24/h4-6,9-12,21,24,26,28-31,35-41,44H,7-8,13H2,1-3H3,(H,42,43)/t21-,24+,26+,28+,29-,30-,31-,33+,34-/m1/s1. The van der Waals surface area contributed by atoms with E-state index in [-0.39, 0.29) is 42.6 Å². The maximum absolute atomic E-state index is 12.6. The number of phenolic OH excluding ortho intramolecular Hbond substituents is 1. The molecule has 268 valence electrons. The highest BCUT2D eigenvalue weighted by atomic mass is 16.7. The molecule has 2 fully saturated rings. The van der Waals surface area contributed by atoms with Gasteiger partial charge in [-0.3, -0.25) is 5.32 Å². The van der Waals surface area contributed by atoms with Crippen LogP contribution in [0.25, 0.3) is 11.1 Å². The molecule has 3 aromatic carbocycles. The van der Waals surface area contributed by atoms with Crippen molar-refractivity contribution in [1.82, 2.24) is 10.6 Å². The highest BCUT2D eigenvalue weighted by Gasteiger charge is 2.71. The van der Waals surface area contributed by atoms with Gasteiger partial charge in [0.2, 0.25) is 23.9 Å². The average molecular weight is 699 g/mol. The van der Waals surface area contributed by atoms with Crippen LogP contribution < -0.4 is 34.3 Å². The fraction of sp³-hybridized carbons (Fsp3) is 0.441. The number of aliphatic hydroxyl groups excluding tert-OH is 4. The first-order chi connectivity index (χ1) is 23.9. The number of methoxy groups -OCH3 is 2. The second-order valence-corrected chi connectivity index (χ2v) is 12.6. The molecule has 0 aliphatic carbocycles. The molecule has 2 saturated heterocycles. The number of aliphatic carboxylic acids is 1. The number of carbonyl (C=O) groups is 1. The number of benzene rings is 3. The largest absolute Gasteiger partial charge is 0.508 e. The Morgan fingerprint density at radius 3 is 2.52 bits per heavy atom. The molecular formula is C34H38N2O14. The number of piperidine rings is 1. The van der Waals surface area contributed by atoms with Crippen molar-refractivity contribution in [3.05, 3.63) is 59.2 Å². The topological polar surface area (TPSA) is 238 Å². The number of aliphatic hydroxyl groups is 5. The Bertz CT molecular complexity index is 1820. The van der Waals surface area contributed by atoms with Gasteiger partial charge in [0.1, 0.15) is 29.5 Å². The van der Waals surface area contributed by atoms with Crippen molar-refractivity contribution in [1.29, 1.82) is 0 Å². The Labute approximate surface area is 285 Å². The monoisotopic (exact) mass is 698 g/mol. The fourth-order valence-corrected chi connectivity index (χ4v) is 7.66. The highest BCUT2D eigenvalue weighted by molar-refractivity contribution is 5.81. The van der Waals surface area contributed by atoms with Gasteiger partial charge in [0.05, 0.1) is 26.2 Å². The number of nitrogens with one attached hydrogen (secondary N) is 2. The zero-order valence-electron chi connectivity index (χ0n) is 27.2. The lowest BCUT2D eigenvalue weighted by Gasteiger charge is -2.58. The van der Waals surface area contributed by atoms with Crippen LogP contribution >= 0.6 is 0 Å². The van der Waals surface area contributed by atoms with Crippen molar-refractivity contribution >= 4 is 5.97 Å². The van der Waals surface area contributed by atoms with E-state index in [4.69, 9.17) is 28.4 Å². The molecule has 0 saturated carbocycles. The molecule has 9 N–H and O–H groups in total. The van der Waals surface area contributed by atoms with Crippen molar-refractivity contribution < 1.29 is 69.0 Å². The molecule has 4 heterocycles. The maximum atomic E-state index is 12.6. The Balaban J connectivity index is 1.36. The van der Waals surface area contributed by atoms with Gasteiger partial charge in [0.25, 0.3) is 0 Å². The third kappa shape index (κ3) is 4.86. The minimum absolute atomic E-state index is 0.0490. The second-order valence-electron chi connectivity index (χ2n) is 12.6. The molecule has 3 aromatic rings. The molecule has 0 spiro atoms. The van der Waals surface area contributed by atoms with E-state index >= 15 is 0 Å². The second kappa shape index (κ2) is 12.4. The summed E-state index contributed by atoms with van der Waals surface area (Å²) in [6.07, 6.45) is -8.10. The number of phenols is 1. The maximum Gasteiger partial charge on any atom is 0.340 e. The molecule has 0 aromatic heterocycles. The van der Waals surface area contributed by atoms with E-state index in [2.05, 4.69) is 10.6 Å². The summed E-state index contributed by atoms with van der Waals surface area (Å²) in [6.45, 7) is -0.370. The zero-order valence-corrected chi connectivity index (χ0v) is 27.2.